The summed E-state index contributed by atoms with van der Waals surface area (Å²) in [7, 11) is 0. The Kier molecular flexibility index (Phi) is 6.07. The molecule has 0 saturated carbocycles. The van der Waals surface area contributed by atoms with Crippen LogP contribution in [0.25, 0.3) is 6.08 Å². The van der Waals surface area contributed by atoms with Crippen LogP contribution < -0.4 is 5.43 Å². The molecule has 1 saturated heterocycles. The summed E-state index contributed by atoms with van der Waals surface area (Å²) < 4.78 is 5.52. The Bertz CT molecular complexity index is 942. The molecule has 1 fully saturated rings. The van der Waals surface area contributed by atoms with Gasteiger partial charge in [-0.1, -0.05) is 23.7 Å². The number of rotatable bonds is 5. The molecule has 1 aliphatic heterocycles. The van der Waals surface area contributed by atoms with E-state index in [-0.39, 0.29) is 5.91 Å². The number of allylic oxidation sites excluding steroid dienone is 2. The van der Waals surface area contributed by atoms with E-state index in [1.54, 1.807) is 12.3 Å². The minimum Gasteiger partial charge on any atom is -0.378 e. The first-order valence-electron chi connectivity index (χ1n) is 9.56. The van der Waals surface area contributed by atoms with Gasteiger partial charge in [0.2, 0.25) is 0 Å². The molecule has 29 heavy (non-hydrogen) atoms. The van der Waals surface area contributed by atoms with Crippen molar-refractivity contribution in [2.45, 2.75) is 12.8 Å². The average molecular weight is 412 g/mol. The summed E-state index contributed by atoms with van der Waals surface area (Å²) >= 11 is 6.01. The lowest BCUT2D eigenvalue weighted by Gasteiger charge is -2.31. The van der Waals surface area contributed by atoms with Crippen LogP contribution in [-0.4, -0.2) is 53.5 Å². The number of benzene rings is 1. The largest absolute Gasteiger partial charge is 0.378 e. The Morgan fingerprint density at radius 3 is 2.72 bits per heavy atom. The molecular weight excluding hydrogens is 390 g/mol. The Morgan fingerprint density at radius 2 is 2.00 bits per heavy atom. The van der Waals surface area contributed by atoms with Gasteiger partial charge in [0.05, 0.1) is 19.4 Å². The zero-order chi connectivity index (χ0) is 20.1. The monoisotopic (exact) mass is 411 g/mol. The predicted molar refractivity (Wildman–Crippen MR) is 113 cm³/mol. The highest BCUT2D eigenvalue weighted by atomic mass is 35.5. The highest BCUT2D eigenvalue weighted by Crippen LogP contribution is 2.35. The van der Waals surface area contributed by atoms with Crippen LogP contribution >= 0.6 is 11.6 Å². The van der Waals surface area contributed by atoms with Crippen LogP contribution in [0.15, 0.2) is 58.5 Å². The number of amides is 1. The minimum atomic E-state index is -0.317. The number of halogens is 1. The molecule has 1 aromatic heterocycles. The van der Waals surface area contributed by atoms with Crippen LogP contribution in [0, 0.1) is 0 Å². The second kappa shape index (κ2) is 9.07. The zero-order valence-electron chi connectivity index (χ0n) is 15.9. The van der Waals surface area contributed by atoms with Crippen LogP contribution in [0.4, 0.5) is 0 Å². The van der Waals surface area contributed by atoms with Crippen LogP contribution in [0.5, 0.6) is 0 Å². The molecule has 1 amide bonds. The van der Waals surface area contributed by atoms with Gasteiger partial charge >= 0.3 is 0 Å². The molecule has 2 aliphatic rings. The van der Waals surface area contributed by atoms with Crippen molar-refractivity contribution in [3.8, 4) is 0 Å². The smallest absolute Gasteiger partial charge is 0.289 e. The molecule has 1 aromatic carbocycles. The van der Waals surface area contributed by atoms with E-state index in [9.17, 15) is 4.79 Å². The molecule has 0 spiro atoms. The van der Waals surface area contributed by atoms with Crippen molar-refractivity contribution in [2.75, 3.05) is 26.3 Å². The molecule has 0 bridgehead atoms. The van der Waals surface area contributed by atoms with Gasteiger partial charge in [-0.25, -0.2) is 5.43 Å². The molecule has 0 unspecified atom stereocenters. The molecular formula is C21H22ClN5O2. The fourth-order valence-corrected chi connectivity index (χ4v) is 3.67. The fourth-order valence-electron chi connectivity index (χ4n) is 3.54. The quantitative estimate of drug-likeness (QED) is 0.584. The standard InChI is InChI=1S/C21H22ClN5O2/c22-18-5-1-15(2-6-18)13-16-3-4-17(20(16)27-9-11-29-12-10-27)14-24-26-21(28)19-7-8-23-25-19/h1-2,5-8,13-14H,3-4,9-12H2,(H,23,25)(H,26,28)/b16-13+,24-14-. The summed E-state index contributed by atoms with van der Waals surface area (Å²) in [6.45, 7) is 3.09. The van der Waals surface area contributed by atoms with E-state index in [0.29, 0.717) is 18.9 Å². The second-order valence-electron chi connectivity index (χ2n) is 6.86. The SMILES string of the molecule is O=C(N/N=C\C1=C(N2CCOCC2)C(=C/c2ccc(Cl)cc2)/CC1)c1ccn[nH]1. The zero-order valence-corrected chi connectivity index (χ0v) is 16.7. The number of hydrogen-bond donors (Lipinski definition) is 2. The predicted octanol–water partition coefficient (Wildman–Crippen LogP) is 3.24. The summed E-state index contributed by atoms with van der Waals surface area (Å²) in [5.41, 5.74) is 7.59. The molecule has 2 heterocycles. The van der Waals surface area contributed by atoms with E-state index in [0.717, 1.165) is 42.1 Å². The Labute approximate surface area is 174 Å². The molecule has 2 aromatic rings. The molecule has 0 radical (unpaired) electrons. The number of carbonyl (C=O) groups excluding carboxylic acids is 1. The van der Waals surface area contributed by atoms with Gasteiger partial charge in [0.1, 0.15) is 5.69 Å². The second-order valence-corrected chi connectivity index (χ2v) is 7.30. The minimum absolute atomic E-state index is 0.317. The van der Waals surface area contributed by atoms with Gasteiger partial charge in [-0.3, -0.25) is 9.89 Å². The summed E-state index contributed by atoms with van der Waals surface area (Å²) in [5.74, 6) is -0.317. The number of H-pyrrole nitrogens is 1. The van der Waals surface area contributed by atoms with E-state index < -0.39 is 0 Å². The normalized spacial score (nSPS) is 18.8. The van der Waals surface area contributed by atoms with Gasteiger partial charge in [0.25, 0.3) is 5.91 Å². The van der Waals surface area contributed by atoms with Crippen molar-refractivity contribution in [1.29, 1.82) is 0 Å². The molecule has 8 heteroatoms. The van der Waals surface area contributed by atoms with E-state index in [1.807, 2.05) is 24.3 Å². The summed E-state index contributed by atoms with van der Waals surface area (Å²) in [5, 5.41) is 11.3. The van der Waals surface area contributed by atoms with E-state index in [1.165, 1.54) is 17.5 Å². The third-order valence-corrected chi connectivity index (χ3v) is 5.19. The van der Waals surface area contributed by atoms with Crippen molar-refractivity contribution in [1.82, 2.24) is 20.5 Å². The maximum atomic E-state index is 12.0. The lowest BCUT2D eigenvalue weighted by Crippen LogP contribution is -2.36. The van der Waals surface area contributed by atoms with E-state index in [2.05, 4.69) is 31.7 Å². The number of hydrazone groups is 1. The molecule has 2 N–H and O–H groups in total. The van der Waals surface area contributed by atoms with Gasteiger partial charge in [-0.2, -0.15) is 10.2 Å². The van der Waals surface area contributed by atoms with Crippen LogP contribution in [0.3, 0.4) is 0 Å². The topological polar surface area (TPSA) is 82.6 Å². The molecule has 0 atom stereocenters. The highest BCUT2D eigenvalue weighted by molar-refractivity contribution is 6.30. The summed E-state index contributed by atoms with van der Waals surface area (Å²) in [6, 6.07) is 9.43. The lowest BCUT2D eigenvalue weighted by molar-refractivity contribution is 0.0548. The summed E-state index contributed by atoms with van der Waals surface area (Å²) in [6.07, 6.45) is 7.27. The number of nitrogens with zero attached hydrogens (tertiary/aromatic N) is 3. The van der Waals surface area contributed by atoms with Gasteiger partial charge in [-0.05, 0) is 53.8 Å². The van der Waals surface area contributed by atoms with Crippen molar-refractivity contribution < 1.29 is 9.53 Å². The molecule has 4 rings (SSSR count). The van der Waals surface area contributed by atoms with Crippen LogP contribution in [-0.2, 0) is 4.74 Å². The Hall–Kier alpha value is -2.90. The van der Waals surface area contributed by atoms with E-state index >= 15 is 0 Å². The Morgan fingerprint density at radius 1 is 1.21 bits per heavy atom. The van der Waals surface area contributed by atoms with Crippen molar-refractivity contribution in [3.63, 3.8) is 0 Å². The first-order chi connectivity index (χ1) is 14.2. The highest BCUT2D eigenvalue weighted by Gasteiger charge is 2.25. The average Bonchev–Trinajstić information content (AvgIpc) is 3.41. The number of ether oxygens (including phenoxy) is 1. The third-order valence-electron chi connectivity index (χ3n) is 4.94. The number of morpholine rings is 1. The first kappa shape index (κ1) is 19.4. The van der Waals surface area contributed by atoms with Gasteiger partial charge in [-0.15, -0.1) is 0 Å². The van der Waals surface area contributed by atoms with Crippen LogP contribution in [0.2, 0.25) is 5.02 Å². The van der Waals surface area contributed by atoms with Gasteiger partial charge in [0, 0.05) is 30.0 Å². The van der Waals surface area contributed by atoms with Crippen LogP contribution in [0.1, 0.15) is 28.9 Å². The summed E-state index contributed by atoms with van der Waals surface area (Å²) in [4.78, 5) is 14.4. The van der Waals surface area contributed by atoms with Gasteiger partial charge < -0.3 is 9.64 Å². The molecule has 150 valence electrons. The first-order valence-corrected chi connectivity index (χ1v) is 9.93. The number of hydrogen-bond acceptors (Lipinski definition) is 5. The maximum Gasteiger partial charge on any atom is 0.289 e. The number of nitrogens with one attached hydrogen (secondary N) is 2. The van der Waals surface area contributed by atoms with Gasteiger partial charge in [0.15, 0.2) is 0 Å². The third kappa shape index (κ3) is 4.75. The molecule has 7 nitrogen and oxygen atoms in total. The Balaban J connectivity index is 1.58. The van der Waals surface area contributed by atoms with E-state index in [4.69, 9.17) is 16.3 Å². The number of aromatic amines is 1. The number of carbonyl (C=O) groups is 1. The lowest BCUT2D eigenvalue weighted by atomic mass is 10.1. The van der Waals surface area contributed by atoms with Crippen molar-refractivity contribution in [3.05, 3.63) is 69.7 Å². The fraction of sp³-hybridized carbons (Fsp3) is 0.286. The molecule has 1 aliphatic carbocycles. The van der Waals surface area contributed by atoms with Crippen molar-refractivity contribution >= 4 is 29.8 Å². The maximum absolute atomic E-state index is 12.0. The van der Waals surface area contributed by atoms with Crippen molar-refractivity contribution in [2.24, 2.45) is 5.10 Å². The number of aromatic nitrogens is 2.